The molecule has 0 aliphatic heterocycles. The molecule has 1 aromatic rings. The molecular weight excluding hydrogens is 296 g/mol. The van der Waals surface area contributed by atoms with Gasteiger partial charge in [-0.25, -0.2) is 13.6 Å². The van der Waals surface area contributed by atoms with Crippen LogP contribution in [0, 0.1) is 0 Å². The van der Waals surface area contributed by atoms with Gasteiger partial charge in [0.15, 0.2) is 0 Å². The molecule has 1 atom stereocenters. The Labute approximate surface area is 124 Å². The first-order valence-corrected chi connectivity index (χ1v) is 7.85. The number of nitrogens with two attached hydrogens (primary N) is 1. The Bertz CT molecular complexity index is 601. The Morgan fingerprint density at radius 2 is 2.05 bits per heavy atom. The number of benzene rings is 1. The van der Waals surface area contributed by atoms with Gasteiger partial charge >= 0.3 is 0 Å². The van der Waals surface area contributed by atoms with Crippen molar-refractivity contribution in [1.82, 2.24) is 5.32 Å². The van der Waals surface area contributed by atoms with Gasteiger partial charge in [0.25, 0.3) is 5.91 Å². The first-order valence-electron chi connectivity index (χ1n) is 6.30. The predicted octanol–water partition coefficient (Wildman–Crippen LogP) is 0.497. The summed E-state index contributed by atoms with van der Waals surface area (Å²) in [5.41, 5.74) is 0.198. The molecule has 1 aromatic carbocycles. The summed E-state index contributed by atoms with van der Waals surface area (Å²) < 4.78 is 32.9. The third-order valence-corrected chi connectivity index (χ3v) is 3.80. The zero-order chi connectivity index (χ0) is 16.0. The third kappa shape index (κ3) is 5.00. The molecule has 1 rings (SSSR count). The molecule has 0 aliphatic carbocycles. The molecule has 0 bridgehead atoms. The number of ether oxygens (including phenoxy) is 2. The largest absolute Gasteiger partial charge is 0.495 e. The van der Waals surface area contributed by atoms with Gasteiger partial charge in [-0.2, -0.15) is 0 Å². The summed E-state index contributed by atoms with van der Waals surface area (Å²) in [4.78, 5) is 11.8. The van der Waals surface area contributed by atoms with E-state index in [9.17, 15) is 13.2 Å². The maximum absolute atomic E-state index is 12.1. The highest BCUT2D eigenvalue weighted by atomic mass is 32.2. The second-order valence-electron chi connectivity index (χ2n) is 4.57. The van der Waals surface area contributed by atoms with Crippen molar-refractivity contribution < 1.29 is 22.7 Å². The van der Waals surface area contributed by atoms with Crippen LogP contribution in [0.15, 0.2) is 23.1 Å². The van der Waals surface area contributed by atoms with Gasteiger partial charge in [-0.1, -0.05) is 0 Å². The van der Waals surface area contributed by atoms with E-state index in [0.29, 0.717) is 13.0 Å². The van der Waals surface area contributed by atoms with Crippen LogP contribution in [0.1, 0.15) is 23.7 Å². The highest BCUT2D eigenvalue weighted by molar-refractivity contribution is 7.89. The van der Waals surface area contributed by atoms with Crippen LogP contribution < -0.4 is 15.2 Å². The summed E-state index contributed by atoms with van der Waals surface area (Å²) in [5, 5.41) is 7.86. The van der Waals surface area contributed by atoms with Crippen molar-refractivity contribution in [3.8, 4) is 5.75 Å². The third-order valence-electron chi connectivity index (χ3n) is 2.86. The van der Waals surface area contributed by atoms with E-state index in [2.05, 4.69) is 5.32 Å². The van der Waals surface area contributed by atoms with Gasteiger partial charge in [0.05, 0.1) is 7.11 Å². The van der Waals surface area contributed by atoms with Gasteiger partial charge in [-0.3, -0.25) is 4.79 Å². The molecule has 0 heterocycles. The van der Waals surface area contributed by atoms with Gasteiger partial charge in [0.1, 0.15) is 10.6 Å². The zero-order valence-electron chi connectivity index (χ0n) is 12.3. The van der Waals surface area contributed by atoms with Crippen LogP contribution >= 0.6 is 0 Å². The van der Waals surface area contributed by atoms with Crippen LogP contribution in [0.4, 0.5) is 0 Å². The van der Waals surface area contributed by atoms with Gasteiger partial charge < -0.3 is 14.8 Å². The number of nitrogens with one attached hydrogen (secondary N) is 1. The van der Waals surface area contributed by atoms with Gasteiger partial charge in [0.2, 0.25) is 10.0 Å². The summed E-state index contributed by atoms with van der Waals surface area (Å²) in [5.74, 6) is -0.285. The monoisotopic (exact) mass is 316 g/mol. The van der Waals surface area contributed by atoms with Crippen LogP contribution in [0.25, 0.3) is 0 Å². The van der Waals surface area contributed by atoms with Crippen molar-refractivity contribution in [1.29, 1.82) is 0 Å². The molecule has 3 N–H and O–H groups in total. The SMILES string of the molecule is COCCC(C)NC(=O)c1ccc(OC)c(S(N)(=O)=O)c1. The van der Waals surface area contributed by atoms with E-state index in [1.54, 1.807) is 7.11 Å². The van der Waals surface area contributed by atoms with Gasteiger partial charge in [-0.15, -0.1) is 0 Å². The zero-order valence-corrected chi connectivity index (χ0v) is 13.1. The number of methoxy groups -OCH3 is 2. The van der Waals surface area contributed by atoms with Crippen LogP contribution in [0.2, 0.25) is 0 Å². The Morgan fingerprint density at radius 1 is 1.38 bits per heavy atom. The van der Waals surface area contributed by atoms with Crippen molar-refractivity contribution in [2.24, 2.45) is 5.14 Å². The quantitative estimate of drug-likeness (QED) is 0.761. The van der Waals surface area contributed by atoms with Crippen molar-refractivity contribution >= 4 is 15.9 Å². The molecule has 0 fully saturated rings. The van der Waals surface area contributed by atoms with Crippen molar-refractivity contribution in [3.05, 3.63) is 23.8 Å². The summed E-state index contributed by atoms with van der Waals surface area (Å²) in [7, 11) is -1.06. The molecular formula is C13H20N2O5S. The fraction of sp³-hybridized carbons (Fsp3) is 0.462. The van der Waals surface area contributed by atoms with Crippen LogP contribution in [0.3, 0.4) is 0 Å². The lowest BCUT2D eigenvalue weighted by molar-refractivity contribution is 0.0929. The molecule has 118 valence electrons. The molecule has 7 nitrogen and oxygen atoms in total. The molecule has 0 aromatic heterocycles. The second-order valence-corrected chi connectivity index (χ2v) is 6.10. The average molecular weight is 316 g/mol. The van der Waals surface area contributed by atoms with Crippen LogP contribution in [0.5, 0.6) is 5.75 Å². The summed E-state index contributed by atoms with van der Waals surface area (Å²) in [6.45, 7) is 2.35. The highest BCUT2D eigenvalue weighted by Gasteiger charge is 2.18. The number of carbonyl (C=O) groups excluding carboxylic acids is 1. The van der Waals surface area contributed by atoms with Crippen molar-refractivity contribution in [2.75, 3.05) is 20.8 Å². The van der Waals surface area contributed by atoms with E-state index in [0.717, 1.165) is 0 Å². The Kier molecular flexibility index (Phi) is 6.13. The fourth-order valence-electron chi connectivity index (χ4n) is 1.71. The minimum atomic E-state index is -3.97. The Balaban J connectivity index is 2.96. The lowest BCUT2D eigenvalue weighted by atomic mass is 10.1. The number of sulfonamides is 1. The molecule has 1 amide bonds. The van der Waals surface area contributed by atoms with Crippen molar-refractivity contribution in [2.45, 2.75) is 24.3 Å². The lowest BCUT2D eigenvalue weighted by Crippen LogP contribution is -2.33. The van der Waals surface area contributed by atoms with E-state index < -0.39 is 10.0 Å². The minimum absolute atomic E-state index is 0.0986. The predicted molar refractivity (Wildman–Crippen MR) is 77.8 cm³/mol. The molecule has 0 spiro atoms. The van der Waals surface area contributed by atoms with E-state index >= 15 is 0 Å². The number of primary sulfonamides is 1. The maximum atomic E-state index is 12.1. The molecule has 0 saturated carbocycles. The molecule has 0 aliphatic rings. The first-order chi connectivity index (χ1) is 9.79. The van der Waals surface area contributed by atoms with Crippen molar-refractivity contribution in [3.63, 3.8) is 0 Å². The molecule has 8 heteroatoms. The molecule has 0 radical (unpaired) electrons. The Hall–Kier alpha value is -1.64. The first kappa shape index (κ1) is 17.4. The van der Waals surface area contributed by atoms with Gasteiger partial charge in [-0.05, 0) is 31.5 Å². The molecule has 1 unspecified atom stereocenters. The number of rotatable bonds is 7. The smallest absolute Gasteiger partial charge is 0.251 e. The van der Waals surface area contributed by atoms with E-state index in [1.807, 2.05) is 6.92 Å². The van der Waals surface area contributed by atoms with E-state index in [4.69, 9.17) is 14.6 Å². The normalized spacial score (nSPS) is 12.8. The standard InChI is InChI=1S/C13H20N2O5S/c1-9(6-7-19-2)15-13(16)10-4-5-11(20-3)12(8-10)21(14,17)18/h4-5,8-9H,6-7H2,1-3H3,(H,15,16)(H2,14,17,18). The average Bonchev–Trinajstić information content (AvgIpc) is 2.43. The van der Waals surface area contributed by atoms with E-state index in [1.165, 1.54) is 25.3 Å². The second kappa shape index (κ2) is 7.39. The lowest BCUT2D eigenvalue weighted by Gasteiger charge is -2.14. The highest BCUT2D eigenvalue weighted by Crippen LogP contribution is 2.23. The summed E-state index contributed by atoms with van der Waals surface area (Å²) >= 11 is 0. The summed E-state index contributed by atoms with van der Waals surface area (Å²) in [6, 6.07) is 3.98. The van der Waals surface area contributed by atoms with E-state index in [-0.39, 0.29) is 28.2 Å². The number of amides is 1. The minimum Gasteiger partial charge on any atom is -0.495 e. The topological polar surface area (TPSA) is 108 Å². The number of hydrogen-bond donors (Lipinski definition) is 2. The van der Waals surface area contributed by atoms with Gasteiger partial charge in [0, 0.05) is 25.3 Å². The Morgan fingerprint density at radius 3 is 2.57 bits per heavy atom. The maximum Gasteiger partial charge on any atom is 0.251 e. The fourth-order valence-corrected chi connectivity index (χ4v) is 2.44. The molecule has 21 heavy (non-hydrogen) atoms. The van der Waals surface area contributed by atoms with Crippen LogP contribution in [-0.2, 0) is 14.8 Å². The number of carbonyl (C=O) groups is 1. The van der Waals surface area contributed by atoms with Crippen LogP contribution in [-0.4, -0.2) is 41.2 Å². The summed E-state index contributed by atoms with van der Waals surface area (Å²) in [6.07, 6.45) is 0.653. The molecule has 0 saturated heterocycles. The number of hydrogen-bond acceptors (Lipinski definition) is 5.